The van der Waals surface area contributed by atoms with Crippen LogP contribution in [-0.2, 0) is 11.2 Å². The number of nitrogens with one attached hydrogen (secondary N) is 1. The maximum Gasteiger partial charge on any atom is 0.223 e. The Kier molecular flexibility index (Phi) is 4.74. The largest absolute Gasteiger partial charge is 0.355 e. The normalized spacial score (nSPS) is 15.3. The van der Waals surface area contributed by atoms with Gasteiger partial charge in [0.25, 0.3) is 0 Å². The first-order chi connectivity index (χ1) is 10.7. The number of carbonyl (C=O) groups excluding carboxylic acids is 1. The molecule has 1 aromatic carbocycles. The maximum absolute atomic E-state index is 11.9. The Labute approximate surface area is 135 Å². The molecule has 114 valence electrons. The van der Waals surface area contributed by atoms with Crippen LogP contribution in [0.4, 0.5) is 0 Å². The number of aromatic nitrogens is 1. The summed E-state index contributed by atoms with van der Waals surface area (Å²) in [5, 5.41) is 3.81. The minimum atomic E-state index is 0.185. The summed E-state index contributed by atoms with van der Waals surface area (Å²) in [6.45, 7) is 0.645. The first-order valence-corrected chi connectivity index (χ1v) is 8.02. The number of hydrogen-bond donors (Lipinski definition) is 1. The summed E-state index contributed by atoms with van der Waals surface area (Å²) in [5.41, 5.74) is 2.35. The molecule has 22 heavy (non-hydrogen) atoms. The Balaban J connectivity index is 1.71. The highest BCUT2D eigenvalue weighted by atomic mass is 35.5. The first kappa shape index (κ1) is 15.0. The van der Waals surface area contributed by atoms with Gasteiger partial charge in [-0.25, -0.2) is 0 Å². The van der Waals surface area contributed by atoms with Crippen LogP contribution in [0, 0.1) is 5.92 Å². The molecule has 1 aliphatic rings. The Morgan fingerprint density at radius 2 is 2.05 bits per heavy atom. The molecule has 1 heterocycles. The lowest BCUT2D eigenvalue weighted by Crippen LogP contribution is -2.30. The van der Waals surface area contributed by atoms with Crippen molar-refractivity contribution in [2.24, 2.45) is 5.92 Å². The maximum atomic E-state index is 11.9. The van der Waals surface area contributed by atoms with Crippen LogP contribution in [0.1, 0.15) is 29.9 Å². The second-order valence-electron chi connectivity index (χ2n) is 5.83. The van der Waals surface area contributed by atoms with Crippen molar-refractivity contribution in [3.63, 3.8) is 0 Å². The van der Waals surface area contributed by atoms with Crippen molar-refractivity contribution < 1.29 is 4.79 Å². The van der Waals surface area contributed by atoms with E-state index in [0.717, 1.165) is 24.3 Å². The van der Waals surface area contributed by atoms with E-state index in [1.807, 2.05) is 36.5 Å². The van der Waals surface area contributed by atoms with E-state index in [-0.39, 0.29) is 17.7 Å². The highest BCUT2D eigenvalue weighted by Crippen LogP contribution is 2.29. The van der Waals surface area contributed by atoms with Crippen LogP contribution in [0.25, 0.3) is 0 Å². The molecule has 3 rings (SSSR count). The Morgan fingerprint density at radius 1 is 1.27 bits per heavy atom. The molecule has 1 N–H and O–H groups in total. The predicted octanol–water partition coefficient (Wildman–Crippen LogP) is 3.59. The van der Waals surface area contributed by atoms with Crippen molar-refractivity contribution >= 4 is 17.5 Å². The van der Waals surface area contributed by atoms with E-state index in [4.69, 9.17) is 11.6 Å². The van der Waals surface area contributed by atoms with Crippen molar-refractivity contribution in [3.05, 3.63) is 64.9 Å². The summed E-state index contributed by atoms with van der Waals surface area (Å²) in [4.78, 5) is 16.1. The van der Waals surface area contributed by atoms with Crippen molar-refractivity contribution in [3.8, 4) is 0 Å². The third kappa shape index (κ3) is 4.08. The number of carbonyl (C=O) groups is 1. The number of nitrogens with zero attached hydrogens (tertiary/aromatic N) is 1. The minimum Gasteiger partial charge on any atom is -0.355 e. The van der Waals surface area contributed by atoms with Gasteiger partial charge < -0.3 is 5.32 Å². The van der Waals surface area contributed by atoms with Gasteiger partial charge in [-0.15, -0.1) is 0 Å². The molecule has 1 aliphatic carbocycles. The van der Waals surface area contributed by atoms with Gasteiger partial charge in [0.2, 0.25) is 5.91 Å². The van der Waals surface area contributed by atoms with Gasteiger partial charge in [-0.1, -0.05) is 29.8 Å². The summed E-state index contributed by atoms with van der Waals surface area (Å²) >= 11 is 5.97. The van der Waals surface area contributed by atoms with E-state index in [1.54, 1.807) is 6.20 Å². The lowest BCUT2D eigenvalue weighted by Gasteiger charge is -2.18. The third-order valence-electron chi connectivity index (χ3n) is 4.02. The number of hydrogen-bond acceptors (Lipinski definition) is 2. The lowest BCUT2D eigenvalue weighted by atomic mass is 9.92. The average Bonchev–Trinajstić information content (AvgIpc) is 3.38. The summed E-state index contributed by atoms with van der Waals surface area (Å²) in [6, 6.07) is 11.9. The van der Waals surface area contributed by atoms with Gasteiger partial charge in [0.1, 0.15) is 0 Å². The second-order valence-corrected chi connectivity index (χ2v) is 6.27. The quantitative estimate of drug-likeness (QED) is 0.885. The number of halogens is 1. The molecule has 4 heteroatoms. The summed E-state index contributed by atoms with van der Waals surface area (Å²) in [6.07, 6.45) is 6.56. The molecule has 1 unspecified atom stereocenters. The van der Waals surface area contributed by atoms with Crippen LogP contribution in [0.2, 0.25) is 5.02 Å². The Hall–Kier alpha value is -1.87. The van der Waals surface area contributed by atoms with E-state index in [1.165, 1.54) is 11.1 Å². The van der Waals surface area contributed by atoms with Crippen LogP contribution in [0.5, 0.6) is 0 Å². The number of pyridine rings is 1. The van der Waals surface area contributed by atoms with Crippen molar-refractivity contribution in [1.29, 1.82) is 0 Å². The lowest BCUT2D eigenvalue weighted by molar-refractivity contribution is -0.122. The fourth-order valence-electron chi connectivity index (χ4n) is 2.56. The fraction of sp³-hybridized carbons (Fsp3) is 0.333. The van der Waals surface area contributed by atoms with E-state index in [9.17, 15) is 4.79 Å². The zero-order chi connectivity index (χ0) is 15.4. The Morgan fingerprint density at radius 3 is 2.68 bits per heavy atom. The van der Waals surface area contributed by atoms with Gasteiger partial charge in [0.05, 0.1) is 0 Å². The first-order valence-electron chi connectivity index (χ1n) is 7.64. The van der Waals surface area contributed by atoms with Gasteiger partial charge in [-0.05, 0) is 48.6 Å². The van der Waals surface area contributed by atoms with Crippen LogP contribution < -0.4 is 5.32 Å². The smallest absolute Gasteiger partial charge is 0.223 e. The molecular weight excluding hydrogens is 296 g/mol. The Bertz CT molecular complexity index is 623. The van der Waals surface area contributed by atoms with E-state index in [0.29, 0.717) is 6.54 Å². The van der Waals surface area contributed by atoms with Gasteiger partial charge in [-0.2, -0.15) is 0 Å². The molecular formula is C18H19ClN2O. The van der Waals surface area contributed by atoms with Crippen LogP contribution in [0.15, 0.2) is 48.8 Å². The van der Waals surface area contributed by atoms with Gasteiger partial charge in [0, 0.05) is 35.8 Å². The molecule has 0 bridgehead atoms. The molecule has 1 aromatic heterocycles. The predicted molar refractivity (Wildman–Crippen MR) is 87.9 cm³/mol. The average molecular weight is 315 g/mol. The molecule has 0 aliphatic heterocycles. The van der Waals surface area contributed by atoms with Gasteiger partial charge in [0.15, 0.2) is 0 Å². The van der Waals surface area contributed by atoms with Crippen molar-refractivity contribution in [2.75, 3.05) is 6.54 Å². The summed E-state index contributed by atoms with van der Waals surface area (Å²) in [7, 11) is 0. The number of rotatable bonds is 6. The van der Waals surface area contributed by atoms with E-state index < -0.39 is 0 Å². The molecule has 1 amide bonds. The topological polar surface area (TPSA) is 42.0 Å². The van der Waals surface area contributed by atoms with Crippen LogP contribution in [-0.4, -0.2) is 17.4 Å². The van der Waals surface area contributed by atoms with Crippen molar-refractivity contribution in [2.45, 2.75) is 25.2 Å². The zero-order valence-electron chi connectivity index (χ0n) is 12.3. The molecule has 1 atom stereocenters. The molecule has 0 radical (unpaired) electrons. The third-order valence-corrected chi connectivity index (χ3v) is 4.27. The second kappa shape index (κ2) is 6.93. The van der Waals surface area contributed by atoms with Crippen LogP contribution >= 0.6 is 11.6 Å². The SMILES string of the molecule is O=C(NCC(Cc1cccnc1)c1ccc(Cl)cc1)C1CC1. The molecule has 2 aromatic rings. The molecule has 0 spiro atoms. The zero-order valence-corrected chi connectivity index (χ0v) is 13.1. The number of benzene rings is 1. The summed E-state index contributed by atoms with van der Waals surface area (Å²) in [5.74, 6) is 0.651. The number of amides is 1. The standard InChI is InChI=1S/C18H19ClN2O/c19-17-7-5-14(6-8-17)16(10-13-2-1-9-20-11-13)12-21-18(22)15-3-4-15/h1-2,5-9,11,15-16H,3-4,10,12H2,(H,21,22). The van der Waals surface area contributed by atoms with Gasteiger partial charge in [-0.3, -0.25) is 9.78 Å². The highest BCUT2D eigenvalue weighted by Gasteiger charge is 2.29. The molecule has 1 fully saturated rings. The van der Waals surface area contributed by atoms with Crippen molar-refractivity contribution in [1.82, 2.24) is 10.3 Å². The van der Waals surface area contributed by atoms with Gasteiger partial charge >= 0.3 is 0 Å². The monoisotopic (exact) mass is 314 g/mol. The molecule has 1 saturated carbocycles. The molecule has 3 nitrogen and oxygen atoms in total. The van der Waals surface area contributed by atoms with E-state index in [2.05, 4.69) is 16.4 Å². The highest BCUT2D eigenvalue weighted by molar-refractivity contribution is 6.30. The van der Waals surface area contributed by atoms with Crippen LogP contribution in [0.3, 0.4) is 0 Å². The van der Waals surface area contributed by atoms with E-state index >= 15 is 0 Å². The summed E-state index contributed by atoms with van der Waals surface area (Å²) < 4.78 is 0. The molecule has 0 saturated heterocycles. The fourth-order valence-corrected chi connectivity index (χ4v) is 2.69. The minimum absolute atomic E-state index is 0.185.